The molecule has 0 aliphatic rings. The highest BCUT2D eigenvalue weighted by Gasteiger charge is 2.16. The summed E-state index contributed by atoms with van der Waals surface area (Å²) in [6.45, 7) is 2.88. The van der Waals surface area contributed by atoms with Crippen LogP contribution in [0.2, 0.25) is 0 Å². The molecule has 7 nitrogen and oxygen atoms in total. The van der Waals surface area contributed by atoms with E-state index in [-0.39, 0.29) is 5.91 Å². The van der Waals surface area contributed by atoms with Gasteiger partial charge in [0.25, 0.3) is 5.91 Å². The Kier molecular flexibility index (Phi) is 5.07. The van der Waals surface area contributed by atoms with Crippen LogP contribution in [-0.2, 0) is 4.74 Å². The number of imidazole rings is 1. The van der Waals surface area contributed by atoms with Gasteiger partial charge in [-0.05, 0) is 31.3 Å². The molecule has 3 N–H and O–H groups in total. The number of methoxy groups -OCH3 is 1. The van der Waals surface area contributed by atoms with Gasteiger partial charge in [0.05, 0.1) is 12.3 Å². The third-order valence-electron chi connectivity index (χ3n) is 2.80. The number of pyridine rings is 1. The Labute approximate surface area is 127 Å². The van der Waals surface area contributed by atoms with Gasteiger partial charge in [-0.1, -0.05) is 6.07 Å². The van der Waals surface area contributed by atoms with E-state index in [9.17, 15) is 4.79 Å². The first-order valence-electron chi connectivity index (χ1n) is 6.40. The third-order valence-corrected chi connectivity index (χ3v) is 3.05. The molecule has 112 valence electrons. The number of hydrogen-bond acceptors (Lipinski definition) is 4. The SMILES string of the molecule is COCCNC(=S)NNC(=O)c1c(C)nc2ccccn12. The van der Waals surface area contributed by atoms with Crippen LogP contribution in [0.5, 0.6) is 0 Å². The number of rotatable bonds is 4. The molecule has 2 aromatic rings. The number of nitrogens with one attached hydrogen (secondary N) is 3. The fourth-order valence-corrected chi connectivity index (χ4v) is 2.02. The Balaban J connectivity index is 1.99. The van der Waals surface area contributed by atoms with Crippen molar-refractivity contribution in [2.45, 2.75) is 6.92 Å². The van der Waals surface area contributed by atoms with Crippen LogP contribution in [0.25, 0.3) is 5.65 Å². The first kappa shape index (κ1) is 15.2. The number of amides is 1. The summed E-state index contributed by atoms with van der Waals surface area (Å²) in [4.78, 5) is 16.6. The lowest BCUT2D eigenvalue weighted by molar-refractivity contribution is 0.0937. The van der Waals surface area contributed by atoms with Crippen molar-refractivity contribution in [3.8, 4) is 0 Å². The lowest BCUT2D eigenvalue weighted by Crippen LogP contribution is -2.47. The average Bonchev–Trinajstić information content (AvgIpc) is 2.81. The van der Waals surface area contributed by atoms with E-state index in [1.165, 1.54) is 0 Å². The molecule has 21 heavy (non-hydrogen) atoms. The monoisotopic (exact) mass is 307 g/mol. The molecule has 0 aliphatic heterocycles. The van der Waals surface area contributed by atoms with Crippen LogP contribution < -0.4 is 16.2 Å². The minimum atomic E-state index is -0.304. The maximum Gasteiger partial charge on any atom is 0.288 e. The molecule has 0 atom stereocenters. The fourth-order valence-electron chi connectivity index (χ4n) is 1.87. The van der Waals surface area contributed by atoms with Gasteiger partial charge in [-0.3, -0.25) is 20.0 Å². The van der Waals surface area contributed by atoms with Gasteiger partial charge in [0.1, 0.15) is 11.3 Å². The number of carbonyl (C=O) groups is 1. The molecule has 0 saturated carbocycles. The summed E-state index contributed by atoms with van der Waals surface area (Å²) in [5, 5.41) is 3.22. The second kappa shape index (κ2) is 7.00. The predicted octanol–water partition coefficient (Wildman–Crippen LogP) is 0.398. The molecule has 0 bridgehead atoms. The number of ether oxygens (including phenoxy) is 1. The first-order chi connectivity index (χ1) is 10.1. The van der Waals surface area contributed by atoms with Gasteiger partial charge in [-0.25, -0.2) is 4.98 Å². The summed E-state index contributed by atoms with van der Waals surface area (Å²) >= 11 is 5.03. The van der Waals surface area contributed by atoms with E-state index in [1.54, 1.807) is 24.6 Å². The molecular formula is C13H17N5O2S. The average molecular weight is 307 g/mol. The van der Waals surface area contributed by atoms with Crippen molar-refractivity contribution in [1.82, 2.24) is 25.6 Å². The van der Waals surface area contributed by atoms with Crippen molar-refractivity contribution in [3.05, 3.63) is 35.8 Å². The van der Waals surface area contributed by atoms with Crippen molar-refractivity contribution >= 4 is 28.9 Å². The molecule has 0 aromatic carbocycles. The third kappa shape index (κ3) is 3.67. The molecule has 8 heteroatoms. The van der Waals surface area contributed by atoms with Crippen molar-refractivity contribution < 1.29 is 9.53 Å². The van der Waals surface area contributed by atoms with Gasteiger partial charge in [-0.15, -0.1) is 0 Å². The summed E-state index contributed by atoms with van der Waals surface area (Å²) in [7, 11) is 1.60. The van der Waals surface area contributed by atoms with E-state index in [4.69, 9.17) is 17.0 Å². The van der Waals surface area contributed by atoms with E-state index >= 15 is 0 Å². The van der Waals surface area contributed by atoms with Crippen molar-refractivity contribution in [3.63, 3.8) is 0 Å². The van der Waals surface area contributed by atoms with Crippen LogP contribution in [0, 0.1) is 6.92 Å². The molecule has 2 aromatic heterocycles. The molecule has 0 spiro atoms. The van der Waals surface area contributed by atoms with Crippen LogP contribution >= 0.6 is 12.2 Å². The maximum absolute atomic E-state index is 12.2. The second-order valence-electron chi connectivity index (χ2n) is 4.30. The smallest absolute Gasteiger partial charge is 0.288 e. The zero-order valence-corrected chi connectivity index (χ0v) is 12.7. The lowest BCUT2D eigenvalue weighted by atomic mass is 10.3. The highest BCUT2D eigenvalue weighted by molar-refractivity contribution is 7.80. The van der Waals surface area contributed by atoms with Gasteiger partial charge in [0, 0.05) is 19.9 Å². The summed E-state index contributed by atoms with van der Waals surface area (Å²) in [6, 6.07) is 5.56. The highest BCUT2D eigenvalue weighted by Crippen LogP contribution is 2.11. The number of fused-ring (bicyclic) bond motifs is 1. The molecular weight excluding hydrogens is 290 g/mol. The standard InChI is InChI=1S/C13H17N5O2S/c1-9-11(18-7-4-3-5-10(18)15-9)12(19)16-17-13(21)14-6-8-20-2/h3-5,7H,6,8H2,1-2H3,(H,16,19)(H2,14,17,21). The maximum atomic E-state index is 12.2. The number of hydrazine groups is 1. The first-order valence-corrected chi connectivity index (χ1v) is 6.81. The molecule has 0 aliphatic carbocycles. The minimum absolute atomic E-state index is 0.304. The Morgan fingerprint density at radius 1 is 1.43 bits per heavy atom. The Morgan fingerprint density at radius 2 is 2.24 bits per heavy atom. The van der Waals surface area contributed by atoms with E-state index in [2.05, 4.69) is 21.2 Å². The number of aryl methyl sites for hydroxylation is 1. The quantitative estimate of drug-likeness (QED) is 0.431. The Hall–Kier alpha value is -2.19. The lowest BCUT2D eigenvalue weighted by Gasteiger charge is -2.11. The Bertz CT molecular complexity index is 655. The van der Waals surface area contributed by atoms with E-state index < -0.39 is 0 Å². The fraction of sp³-hybridized carbons (Fsp3) is 0.308. The summed E-state index contributed by atoms with van der Waals surface area (Å²) in [5.41, 5.74) is 7.04. The van der Waals surface area contributed by atoms with Gasteiger partial charge >= 0.3 is 0 Å². The van der Waals surface area contributed by atoms with Gasteiger partial charge in [0.15, 0.2) is 5.11 Å². The molecule has 0 radical (unpaired) electrons. The van der Waals surface area contributed by atoms with Gasteiger partial charge in [0.2, 0.25) is 0 Å². The minimum Gasteiger partial charge on any atom is -0.383 e. The van der Waals surface area contributed by atoms with E-state index in [0.29, 0.717) is 29.7 Å². The zero-order chi connectivity index (χ0) is 15.2. The molecule has 0 unspecified atom stereocenters. The topological polar surface area (TPSA) is 79.7 Å². The van der Waals surface area contributed by atoms with Gasteiger partial charge < -0.3 is 10.1 Å². The number of aromatic nitrogens is 2. The molecule has 2 rings (SSSR count). The number of carbonyl (C=O) groups excluding carboxylic acids is 1. The zero-order valence-electron chi connectivity index (χ0n) is 11.8. The Morgan fingerprint density at radius 3 is 3.00 bits per heavy atom. The largest absolute Gasteiger partial charge is 0.383 e. The van der Waals surface area contributed by atoms with Crippen molar-refractivity contribution in [1.29, 1.82) is 0 Å². The van der Waals surface area contributed by atoms with E-state index in [0.717, 1.165) is 5.65 Å². The van der Waals surface area contributed by atoms with E-state index in [1.807, 2.05) is 18.2 Å². The normalized spacial score (nSPS) is 10.4. The summed E-state index contributed by atoms with van der Waals surface area (Å²) in [5.74, 6) is -0.304. The molecule has 2 heterocycles. The van der Waals surface area contributed by atoms with Crippen LogP contribution in [0.1, 0.15) is 16.2 Å². The highest BCUT2D eigenvalue weighted by atomic mass is 32.1. The van der Waals surface area contributed by atoms with Crippen molar-refractivity contribution in [2.24, 2.45) is 0 Å². The number of nitrogens with zero attached hydrogens (tertiary/aromatic N) is 2. The second-order valence-corrected chi connectivity index (χ2v) is 4.71. The van der Waals surface area contributed by atoms with Gasteiger partial charge in [-0.2, -0.15) is 0 Å². The molecule has 1 amide bonds. The number of hydrogen-bond donors (Lipinski definition) is 3. The predicted molar refractivity (Wildman–Crippen MR) is 83.0 cm³/mol. The van der Waals surface area contributed by atoms with Crippen LogP contribution in [0.3, 0.4) is 0 Å². The summed E-state index contributed by atoms with van der Waals surface area (Å²) < 4.78 is 6.62. The van der Waals surface area contributed by atoms with Crippen LogP contribution in [0.4, 0.5) is 0 Å². The number of thiocarbonyl (C=S) groups is 1. The van der Waals surface area contributed by atoms with Crippen LogP contribution in [0.15, 0.2) is 24.4 Å². The molecule has 0 fully saturated rings. The summed E-state index contributed by atoms with van der Waals surface area (Å²) in [6.07, 6.45) is 1.79. The van der Waals surface area contributed by atoms with Crippen molar-refractivity contribution in [2.75, 3.05) is 20.3 Å². The molecule has 0 saturated heterocycles. The van der Waals surface area contributed by atoms with Crippen LogP contribution in [-0.4, -0.2) is 40.7 Å².